The molecule has 0 radical (unpaired) electrons. The van der Waals surface area contributed by atoms with E-state index >= 15 is 0 Å². The molecule has 2 aromatic carbocycles. The number of rotatable bonds is 12. The molecule has 0 spiro atoms. The third kappa shape index (κ3) is 7.09. The Labute approximate surface area is 191 Å². The van der Waals surface area contributed by atoms with Crippen LogP contribution in [0.4, 0.5) is 0 Å². The number of aryl methyl sites for hydroxylation is 3. The fourth-order valence-electron chi connectivity index (χ4n) is 4.18. The van der Waals surface area contributed by atoms with Gasteiger partial charge in [-0.05, 0) is 73.9 Å². The molecule has 6 heteroatoms. The molecule has 0 unspecified atom stereocenters. The van der Waals surface area contributed by atoms with Crippen LogP contribution >= 0.6 is 0 Å². The van der Waals surface area contributed by atoms with Crippen molar-refractivity contribution in [2.24, 2.45) is 11.5 Å². The number of primary amides is 1. The summed E-state index contributed by atoms with van der Waals surface area (Å²) >= 11 is 0. The van der Waals surface area contributed by atoms with E-state index in [1.165, 1.54) is 5.56 Å². The van der Waals surface area contributed by atoms with Crippen LogP contribution in [0, 0.1) is 13.8 Å². The Hall–Kier alpha value is -2.86. The van der Waals surface area contributed by atoms with Crippen LogP contribution < -0.4 is 11.5 Å². The van der Waals surface area contributed by atoms with Crippen molar-refractivity contribution in [3.63, 3.8) is 0 Å². The van der Waals surface area contributed by atoms with Crippen LogP contribution in [-0.4, -0.2) is 40.4 Å². The highest BCUT2D eigenvalue weighted by molar-refractivity contribution is 5.89. The molecule has 0 saturated heterocycles. The zero-order valence-electron chi connectivity index (χ0n) is 19.5. The van der Waals surface area contributed by atoms with Gasteiger partial charge in [-0.3, -0.25) is 9.59 Å². The van der Waals surface area contributed by atoms with Crippen LogP contribution in [0.5, 0.6) is 5.75 Å². The first-order chi connectivity index (χ1) is 15.2. The highest BCUT2D eigenvalue weighted by atomic mass is 16.3. The minimum atomic E-state index is -0.794. The Balaban J connectivity index is 2.19. The van der Waals surface area contributed by atoms with Gasteiger partial charge < -0.3 is 21.5 Å². The predicted octanol–water partition coefficient (Wildman–Crippen LogP) is 3.38. The fourth-order valence-corrected chi connectivity index (χ4v) is 4.18. The van der Waals surface area contributed by atoms with Crippen molar-refractivity contribution in [2.75, 3.05) is 6.54 Å². The number of aromatic hydroxyl groups is 1. The van der Waals surface area contributed by atoms with E-state index in [1.807, 2.05) is 39.0 Å². The number of hydrogen-bond donors (Lipinski definition) is 3. The first kappa shape index (κ1) is 25.4. The number of carbonyl (C=O) groups is 2. The fraction of sp³-hybridized carbons (Fsp3) is 0.462. The standard InChI is InChI=1S/C26H37N3O3/c1-4-5-13-24(25(28)31)29(14-9-12-20-10-7-6-8-11-20)26(32)23(27)17-22-18(2)15-21(30)16-19(22)3/h6-8,10-11,15-16,23-24,30H,4-5,9,12-14,17,27H2,1-3H3,(H2,28,31)/t23-,24+/m0/s1. The summed E-state index contributed by atoms with van der Waals surface area (Å²) in [5.74, 6) is -0.555. The van der Waals surface area contributed by atoms with Gasteiger partial charge in [0.1, 0.15) is 11.8 Å². The van der Waals surface area contributed by atoms with E-state index in [-0.39, 0.29) is 11.7 Å². The number of carbonyl (C=O) groups excluding carboxylic acids is 2. The minimum Gasteiger partial charge on any atom is -0.508 e. The number of hydrogen-bond acceptors (Lipinski definition) is 4. The molecule has 2 aromatic rings. The normalized spacial score (nSPS) is 12.9. The molecule has 0 saturated carbocycles. The highest BCUT2D eigenvalue weighted by Crippen LogP contribution is 2.23. The maximum Gasteiger partial charge on any atom is 0.240 e. The summed E-state index contributed by atoms with van der Waals surface area (Å²) in [5.41, 5.74) is 16.0. The van der Waals surface area contributed by atoms with Gasteiger partial charge in [-0.25, -0.2) is 0 Å². The zero-order valence-corrected chi connectivity index (χ0v) is 19.5. The molecule has 5 N–H and O–H groups in total. The van der Waals surface area contributed by atoms with Gasteiger partial charge in [-0.1, -0.05) is 50.1 Å². The van der Waals surface area contributed by atoms with E-state index in [1.54, 1.807) is 17.0 Å². The lowest BCUT2D eigenvalue weighted by molar-refractivity contribution is -0.140. The highest BCUT2D eigenvalue weighted by Gasteiger charge is 2.31. The SMILES string of the molecule is CCCC[C@H](C(N)=O)N(CCCc1ccccc1)C(=O)[C@@H](N)Cc1c(C)cc(O)cc1C. The number of unbranched alkanes of at least 4 members (excludes halogenated alkanes) is 1. The predicted molar refractivity (Wildman–Crippen MR) is 128 cm³/mol. The molecule has 0 bridgehead atoms. The summed E-state index contributed by atoms with van der Waals surface area (Å²) in [6.07, 6.45) is 4.11. The van der Waals surface area contributed by atoms with Crippen molar-refractivity contribution in [3.05, 3.63) is 64.7 Å². The first-order valence-electron chi connectivity index (χ1n) is 11.4. The van der Waals surface area contributed by atoms with Gasteiger partial charge in [-0.15, -0.1) is 0 Å². The third-order valence-electron chi connectivity index (χ3n) is 5.95. The molecule has 174 valence electrons. The van der Waals surface area contributed by atoms with Crippen molar-refractivity contribution < 1.29 is 14.7 Å². The molecule has 2 rings (SSSR count). The lowest BCUT2D eigenvalue weighted by Crippen LogP contribution is -2.54. The van der Waals surface area contributed by atoms with Crippen molar-refractivity contribution in [1.29, 1.82) is 0 Å². The molecule has 0 aliphatic rings. The smallest absolute Gasteiger partial charge is 0.240 e. The molecule has 0 aromatic heterocycles. The Morgan fingerprint density at radius 1 is 1.06 bits per heavy atom. The summed E-state index contributed by atoms with van der Waals surface area (Å²) in [7, 11) is 0. The molecule has 6 nitrogen and oxygen atoms in total. The summed E-state index contributed by atoms with van der Waals surface area (Å²) < 4.78 is 0. The van der Waals surface area contributed by atoms with Gasteiger partial charge in [0.15, 0.2) is 0 Å². The van der Waals surface area contributed by atoms with Gasteiger partial charge in [0.05, 0.1) is 6.04 Å². The van der Waals surface area contributed by atoms with E-state index in [2.05, 4.69) is 12.1 Å². The molecule has 0 aliphatic heterocycles. The molecular formula is C26H37N3O3. The number of phenolic OH excluding ortho intramolecular Hbond substituents is 1. The number of amides is 2. The molecule has 0 heterocycles. The molecule has 2 amide bonds. The quantitative estimate of drug-likeness (QED) is 0.471. The average Bonchev–Trinajstić information content (AvgIpc) is 2.75. The zero-order chi connectivity index (χ0) is 23.7. The molecule has 2 atom stereocenters. The third-order valence-corrected chi connectivity index (χ3v) is 5.95. The van der Waals surface area contributed by atoms with E-state index < -0.39 is 18.0 Å². The lowest BCUT2D eigenvalue weighted by atomic mass is 9.95. The summed E-state index contributed by atoms with van der Waals surface area (Å²) in [4.78, 5) is 27.3. The summed E-state index contributed by atoms with van der Waals surface area (Å²) in [6, 6.07) is 11.9. The van der Waals surface area contributed by atoms with Crippen LogP contribution in [0.25, 0.3) is 0 Å². The van der Waals surface area contributed by atoms with Gasteiger partial charge in [0, 0.05) is 6.54 Å². The van der Waals surface area contributed by atoms with Crippen LogP contribution in [0.2, 0.25) is 0 Å². The lowest BCUT2D eigenvalue weighted by Gasteiger charge is -2.32. The van der Waals surface area contributed by atoms with E-state index in [9.17, 15) is 14.7 Å². The van der Waals surface area contributed by atoms with Gasteiger partial charge in [0.2, 0.25) is 11.8 Å². The summed E-state index contributed by atoms with van der Waals surface area (Å²) in [5, 5.41) is 9.80. The Morgan fingerprint density at radius 2 is 1.69 bits per heavy atom. The minimum absolute atomic E-state index is 0.194. The average molecular weight is 440 g/mol. The van der Waals surface area contributed by atoms with Crippen LogP contribution in [-0.2, 0) is 22.4 Å². The van der Waals surface area contributed by atoms with Gasteiger partial charge in [0.25, 0.3) is 0 Å². The molecular weight excluding hydrogens is 402 g/mol. The van der Waals surface area contributed by atoms with Crippen LogP contribution in [0.3, 0.4) is 0 Å². The van der Waals surface area contributed by atoms with Crippen LogP contribution in [0.15, 0.2) is 42.5 Å². The number of benzene rings is 2. The van der Waals surface area contributed by atoms with E-state index in [4.69, 9.17) is 11.5 Å². The van der Waals surface area contributed by atoms with Crippen molar-refractivity contribution in [2.45, 2.75) is 71.4 Å². The monoisotopic (exact) mass is 439 g/mol. The Bertz CT molecular complexity index is 875. The Morgan fingerprint density at radius 3 is 2.25 bits per heavy atom. The van der Waals surface area contributed by atoms with E-state index in [0.29, 0.717) is 19.4 Å². The maximum absolute atomic E-state index is 13.4. The number of nitrogens with two attached hydrogens (primary N) is 2. The second-order valence-electron chi connectivity index (χ2n) is 8.55. The maximum atomic E-state index is 13.4. The van der Waals surface area contributed by atoms with Gasteiger partial charge in [-0.2, -0.15) is 0 Å². The second-order valence-corrected chi connectivity index (χ2v) is 8.55. The van der Waals surface area contributed by atoms with Crippen molar-refractivity contribution in [1.82, 2.24) is 4.90 Å². The molecule has 0 fully saturated rings. The van der Waals surface area contributed by atoms with Crippen molar-refractivity contribution in [3.8, 4) is 5.75 Å². The topological polar surface area (TPSA) is 110 Å². The molecule has 32 heavy (non-hydrogen) atoms. The number of nitrogens with zero attached hydrogens (tertiary/aromatic N) is 1. The van der Waals surface area contributed by atoms with Crippen molar-refractivity contribution >= 4 is 11.8 Å². The first-order valence-corrected chi connectivity index (χ1v) is 11.4. The Kier molecular flexibility index (Phi) is 9.72. The van der Waals surface area contributed by atoms with E-state index in [0.717, 1.165) is 42.4 Å². The van der Waals surface area contributed by atoms with Gasteiger partial charge >= 0.3 is 0 Å². The largest absolute Gasteiger partial charge is 0.508 e. The number of phenols is 1. The summed E-state index contributed by atoms with van der Waals surface area (Å²) in [6.45, 7) is 6.25. The van der Waals surface area contributed by atoms with Crippen LogP contribution in [0.1, 0.15) is 54.9 Å². The molecule has 0 aliphatic carbocycles. The second kappa shape index (κ2) is 12.2.